The molecule has 0 radical (unpaired) electrons. The summed E-state index contributed by atoms with van der Waals surface area (Å²) < 4.78 is 4.42. The summed E-state index contributed by atoms with van der Waals surface area (Å²) in [7, 11) is 1.28. The average Bonchev–Trinajstić information content (AvgIpc) is 2.28. The molecule has 1 aromatic heterocycles. The monoisotopic (exact) mass is 243 g/mol. The maximum absolute atomic E-state index is 11.4. The summed E-state index contributed by atoms with van der Waals surface area (Å²) in [6.45, 7) is 0.180. The van der Waals surface area contributed by atoms with Gasteiger partial charge in [0.15, 0.2) is 0 Å². The van der Waals surface area contributed by atoms with Gasteiger partial charge < -0.3 is 10.1 Å². The van der Waals surface area contributed by atoms with E-state index < -0.39 is 11.9 Å². The minimum atomic E-state index is -0.432. The van der Waals surface area contributed by atoms with Crippen LogP contribution in [0.2, 0.25) is 5.15 Å². The van der Waals surface area contributed by atoms with E-state index in [-0.39, 0.29) is 23.8 Å². The van der Waals surface area contributed by atoms with Crippen LogP contribution in [0.15, 0.2) is 12.4 Å². The molecule has 1 heterocycles. The number of carbonyl (C=O) groups is 2. The minimum absolute atomic E-state index is 0.107. The fourth-order valence-corrected chi connectivity index (χ4v) is 1.07. The fraction of sp³-hybridized carbons (Fsp3) is 0.333. The zero-order valence-electron chi connectivity index (χ0n) is 8.57. The molecule has 16 heavy (non-hydrogen) atoms. The van der Waals surface area contributed by atoms with Crippen LogP contribution >= 0.6 is 11.6 Å². The normalized spacial score (nSPS) is 9.62. The molecule has 0 aromatic carbocycles. The van der Waals surface area contributed by atoms with Gasteiger partial charge in [-0.05, 0) is 0 Å². The van der Waals surface area contributed by atoms with Gasteiger partial charge in [-0.15, -0.1) is 0 Å². The van der Waals surface area contributed by atoms with Crippen molar-refractivity contribution in [2.75, 3.05) is 13.7 Å². The zero-order valence-corrected chi connectivity index (χ0v) is 9.32. The lowest BCUT2D eigenvalue weighted by atomic mass is 10.4. The van der Waals surface area contributed by atoms with Crippen LogP contribution in [-0.2, 0) is 9.53 Å². The number of hydrogen-bond acceptors (Lipinski definition) is 5. The van der Waals surface area contributed by atoms with Crippen LogP contribution in [0, 0.1) is 0 Å². The molecule has 0 atom stereocenters. The van der Waals surface area contributed by atoms with Gasteiger partial charge in [0.05, 0.1) is 25.9 Å². The van der Waals surface area contributed by atoms with Crippen molar-refractivity contribution in [3.05, 3.63) is 23.2 Å². The van der Waals surface area contributed by atoms with Gasteiger partial charge in [0.2, 0.25) is 0 Å². The molecule has 7 heteroatoms. The number of carbonyl (C=O) groups excluding carboxylic acids is 2. The van der Waals surface area contributed by atoms with Gasteiger partial charge in [-0.1, -0.05) is 11.6 Å². The maximum Gasteiger partial charge on any atom is 0.307 e. The molecule has 0 spiro atoms. The summed E-state index contributed by atoms with van der Waals surface area (Å²) in [6, 6.07) is 0. The van der Waals surface area contributed by atoms with Crippen LogP contribution in [0.1, 0.15) is 16.9 Å². The van der Waals surface area contributed by atoms with Gasteiger partial charge in [0, 0.05) is 6.54 Å². The standard InChI is InChI=1S/C9H10ClN3O3/c1-16-8(14)2-3-12-9(15)6-4-11-5-7(10)13-6/h4-5H,2-3H2,1H3,(H,12,15). The molecular formula is C9H10ClN3O3. The van der Waals surface area contributed by atoms with Crippen molar-refractivity contribution in [3.8, 4) is 0 Å². The summed E-state index contributed by atoms with van der Waals surface area (Å²) >= 11 is 5.57. The van der Waals surface area contributed by atoms with Crippen molar-refractivity contribution < 1.29 is 14.3 Å². The lowest BCUT2D eigenvalue weighted by molar-refractivity contribution is -0.140. The molecule has 0 bridgehead atoms. The number of aromatic nitrogens is 2. The third-order valence-corrected chi connectivity index (χ3v) is 1.86. The van der Waals surface area contributed by atoms with E-state index in [1.807, 2.05) is 0 Å². The summed E-state index contributed by atoms with van der Waals surface area (Å²) in [5.74, 6) is -0.823. The zero-order chi connectivity index (χ0) is 12.0. The molecule has 0 saturated carbocycles. The second kappa shape index (κ2) is 6.02. The van der Waals surface area contributed by atoms with E-state index >= 15 is 0 Å². The second-order valence-electron chi connectivity index (χ2n) is 2.81. The van der Waals surface area contributed by atoms with Gasteiger partial charge >= 0.3 is 5.97 Å². The highest BCUT2D eigenvalue weighted by molar-refractivity contribution is 6.29. The molecule has 0 saturated heterocycles. The Morgan fingerprint density at radius 2 is 2.25 bits per heavy atom. The van der Waals surface area contributed by atoms with Gasteiger partial charge in [-0.2, -0.15) is 0 Å². The van der Waals surface area contributed by atoms with Crippen molar-refractivity contribution in [2.45, 2.75) is 6.42 Å². The minimum Gasteiger partial charge on any atom is -0.469 e. The van der Waals surface area contributed by atoms with Gasteiger partial charge in [-0.25, -0.2) is 4.98 Å². The van der Waals surface area contributed by atoms with Crippen molar-refractivity contribution >= 4 is 23.5 Å². The highest BCUT2D eigenvalue weighted by atomic mass is 35.5. The largest absolute Gasteiger partial charge is 0.469 e. The first kappa shape index (κ1) is 12.4. The summed E-state index contributed by atoms with van der Waals surface area (Å²) in [4.78, 5) is 29.7. The van der Waals surface area contributed by atoms with Crippen LogP contribution < -0.4 is 5.32 Å². The predicted molar refractivity (Wildman–Crippen MR) is 56.0 cm³/mol. The smallest absolute Gasteiger partial charge is 0.307 e. The molecular weight excluding hydrogens is 234 g/mol. The number of nitrogens with zero attached hydrogens (tertiary/aromatic N) is 2. The molecule has 86 valence electrons. The molecule has 0 aliphatic carbocycles. The lowest BCUT2D eigenvalue weighted by Gasteiger charge is -2.03. The molecule has 6 nitrogen and oxygen atoms in total. The number of esters is 1. The number of halogens is 1. The third-order valence-electron chi connectivity index (χ3n) is 1.68. The van der Waals surface area contributed by atoms with E-state index in [0.29, 0.717) is 0 Å². The number of methoxy groups -OCH3 is 1. The Morgan fingerprint density at radius 3 is 2.88 bits per heavy atom. The number of ether oxygens (including phenoxy) is 1. The van der Waals surface area contributed by atoms with E-state index in [2.05, 4.69) is 20.0 Å². The Morgan fingerprint density at radius 1 is 1.50 bits per heavy atom. The van der Waals surface area contributed by atoms with Crippen molar-refractivity contribution in [1.82, 2.24) is 15.3 Å². The first-order chi connectivity index (χ1) is 7.63. The first-order valence-electron chi connectivity index (χ1n) is 4.46. The second-order valence-corrected chi connectivity index (χ2v) is 3.20. The van der Waals surface area contributed by atoms with Crippen molar-refractivity contribution in [1.29, 1.82) is 0 Å². The summed E-state index contributed by atoms with van der Waals surface area (Å²) in [5.41, 5.74) is 0.109. The molecule has 0 aliphatic rings. The first-order valence-corrected chi connectivity index (χ1v) is 4.84. The van der Waals surface area contributed by atoms with Gasteiger partial charge in [0.1, 0.15) is 10.8 Å². The predicted octanol–water partition coefficient (Wildman–Crippen LogP) is 0.423. The molecule has 0 unspecified atom stereocenters. The third kappa shape index (κ3) is 3.82. The highest BCUT2D eigenvalue weighted by Crippen LogP contribution is 2.01. The van der Waals surface area contributed by atoms with E-state index in [1.165, 1.54) is 19.5 Å². The van der Waals surface area contributed by atoms with Crippen LogP contribution in [0.25, 0.3) is 0 Å². The highest BCUT2D eigenvalue weighted by Gasteiger charge is 2.08. The van der Waals surface area contributed by atoms with Gasteiger partial charge in [-0.3, -0.25) is 14.6 Å². The Labute approximate surface area is 97.0 Å². The fourth-order valence-electron chi connectivity index (χ4n) is 0.922. The molecule has 1 rings (SSSR count). The molecule has 1 amide bonds. The average molecular weight is 244 g/mol. The molecule has 1 aromatic rings. The lowest BCUT2D eigenvalue weighted by Crippen LogP contribution is -2.27. The maximum atomic E-state index is 11.4. The van der Waals surface area contributed by atoms with Crippen molar-refractivity contribution in [2.24, 2.45) is 0 Å². The van der Waals surface area contributed by atoms with E-state index in [9.17, 15) is 9.59 Å². The van der Waals surface area contributed by atoms with Crippen LogP contribution in [0.4, 0.5) is 0 Å². The molecule has 0 aliphatic heterocycles. The quantitative estimate of drug-likeness (QED) is 0.776. The van der Waals surface area contributed by atoms with Gasteiger partial charge in [0.25, 0.3) is 5.91 Å². The Kier molecular flexibility index (Phi) is 4.65. The van der Waals surface area contributed by atoms with E-state index in [4.69, 9.17) is 11.6 Å². The number of amides is 1. The van der Waals surface area contributed by atoms with Crippen LogP contribution in [0.3, 0.4) is 0 Å². The summed E-state index contributed by atoms with van der Waals surface area (Å²) in [6.07, 6.45) is 2.72. The molecule has 1 N–H and O–H groups in total. The van der Waals surface area contributed by atoms with E-state index in [0.717, 1.165) is 0 Å². The van der Waals surface area contributed by atoms with Crippen LogP contribution in [-0.4, -0.2) is 35.5 Å². The van der Waals surface area contributed by atoms with Crippen LogP contribution in [0.5, 0.6) is 0 Å². The number of nitrogens with one attached hydrogen (secondary N) is 1. The Bertz CT molecular complexity index is 397. The topological polar surface area (TPSA) is 81.2 Å². The number of rotatable bonds is 4. The van der Waals surface area contributed by atoms with E-state index in [1.54, 1.807) is 0 Å². The number of hydrogen-bond donors (Lipinski definition) is 1. The van der Waals surface area contributed by atoms with Crippen molar-refractivity contribution in [3.63, 3.8) is 0 Å². The molecule has 0 fully saturated rings. The summed E-state index contributed by atoms with van der Waals surface area (Å²) in [5, 5.41) is 2.63. The SMILES string of the molecule is COC(=O)CCNC(=O)c1cncc(Cl)n1. The Hall–Kier alpha value is -1.69. The Balaban J connectivity index is 2.44.